The lowest BCUT2D eigenvalue weighted by Gasteiger charge is -2.24. The van der Waals surface area contributed by atoms with Crippen LogP contribution in [0.4, 0.5) is 10.6 Å². The molecule has 23 heavy (non-hydrogen) atoms. The van der Waals surface area contributed by atoms with Crippen LogP contribution in [0.3, 0.4) is 0 Å². The number of rotatable bonds is 4. The third-order valence-corrected chi connectivity index (χ3v) is 3.47. The first-order chi connectivity index (χ1) is 11.0. The summed E-state index contributed by atoms with van der Waals surface area (Å²) in [5, 5.41) is 15.9. The van der Waals surface area contributed by atoms with Crippen LogP contribution < -0.4 is 15.0 Å². The van der Waals surface area contributed by atoms with Crippen molar-refractivity contribution in [2.75, 3.05) is 18.1 Å². The second-order valence-electron chi connectivity index (χ2n) is 5.06. The number of nitrogens with zero attached hydrogens (tertiary/aromatic N) is 3. The van der Waals surface area contributed by atoms with Gasteiger partial charge >= 0.3 is 12.0 Å². The number of ether oxygens (including phenoxy) is 1. The van der Waals surface area contributed by atoms with Crippen molar-refractivity contribution in [2.45, 2.75) is 6.42 Å². The van der Waals surface area contributed by atoms with E-state index in [0.717, 1.165) is 5.52 Å². The molecule has 0 atom stereocenters. The highest BCUT2D eigenvalue weighted by Gasteiger charge is 2.28. The second-order valence-corrected chi connectivity index (χ2v) is 5.06. The quantitative estimate of drug-likeness (QED) is 0.847. The molecule has 0 bridgehead atoms. The normalized spacial score (nSPS) is 14.9. The van der Waals surface area contributed by atoms with Crippen molar-refractivity contribution < 1.29 is 24.2 Å². The van der Waals surface area contributed by atoms with Crippen LogP contribution in [-0.4, -0.2) is 45.9 Å². The molecule has 9 heteroatoms. The molecule has 0 unspecified atom stereocenters. The molecule has 1 saturated heterocycles. The molecule has 3 amide bonds. The fraction of sp³-hybridized carbons (Fsp3) is 0.286. The zero-order valence-corrected chi connectivity index (χ0v) is 12.3. The lowest BCUT2D eigenvalue weighted by molar-refractivity contribution is -0.139. The Kier molecular flexibility index (Phi) is 3.61. The number of urea groups is 1. The van der Waals surface area contributed by atoms with Gasteiger partial charge in [-0.3, -0.25) is 19.7 Å². The Labute approximate surface area is 130 Å². The number of imide groups is 1. The number of fused-ring (bicyclic) bond motifs is 1. The van der Waals surface area contributed by atoms with Crippen LogP contribution in [0.2, 0.25) is 0 Å². The van der Waals surface area contributed by atoms with Gasteiger partial charge in [0.15, 0.2) is 12.4 Å². The van der Waals surface area contributed by atoms with E-state index in [1.54, 1.807) is 29.9 Å². The van der Waals surface area contributed by atoms with Gasteiger partial charge in [0.25, 0.3) is 0 Å². The summed E-state index contributed by atoms with van der Waals surface area (Å²) >= 11 is 0. The summed E-state index contributed by atoms with van der Waals surface area (Å²) in [7, 11) is 1.73. The summed E-state index contributed by atoms with van der Waals surface area (Å²) < 4.78 is 6.77. The van der Waals surface area contributed by atoms with Crippen LogP contribution in [-0.2, 0) is 16.6 Å². The van der Waals surface area contributed by atoms with Crippen molar-refractivity contribution in [3.05, 3.63) is 18.2 Å². The average molecular weight is 318 g/mol. The number of carboxylic acid groups (broad SMARTS) is 1. The maximum Gasteiger partial charge on any atom is 0.341 e. The largest absolute Gasteiger partial charge is 0.482 e. The number of aromatic nitrogens is 2. The van der Waals surface area contributed by atoms with E-state index in [2.05, 4.69) is 10.4 Å². The third kappa shape index (κ3) is 2.80. The summed E-state index contributed by atoms with van der Waals surface area (Å²) in [6.45, 7) is -0.225. The first-order valence-electron chi connectivity index (χ1n) is 6.88. The number of aryl methyl sites for hydroxylation is 1. The van der Waals surface area contributed by atoms with Crippen LogP contribution in [0.25, 0.3) is 10.9 Å². The highest BCUT2D eigenvalue weighted by atomic mass is 16.5. The second kappa shape index (κ2) is 5.59. The Hall–Kier alpha value is -3.10. The highest BCUT2D eigenvalue weighted by Crippen LogP contribution is 2.30. The first-order valence-corrected chi connectivity index (χ1v) is 6.88. The first kappa shape index (κ1) is 14.8. The summed E-state index contributed by atoms with van der Waals surface area (Å²) in [5.41, 5.74) is 0.757. The number of carbonyl (C=O) groups excluding carboxylic acids is 2. The topological polar surface area (TPSA) is 114 Å². The monoisotopic (exact) mass is 318 g/mol. The molecule has 0 radical (unpaired) electrons. The van der Waals surface area contributed by atoms with Gasteiger partial charge in [0.1, 0.15) is 5.75 Å². The van der Waals surface area contributed by atoms with Crippen LogP contribution >= 0.6 is 0 Å². The molecule has 3 rings (SSSR count). The Bertz CT molecular complexity index is 813. The number of anilines is 1. The van der Waals surface area contributed by atoms with Crippen LogP contribution in [0, 0.1) is 0 Å². The molecule has 0 spiro atoms. The molecule has 0 saturated carbocycles. The maximum absolute atomic E-state index is 12.0. The SMILES string of the molecule is Cn1nc(N2CCC(=O)NC2=O)c2cc(OCC(=O)O)ccc21. The smallest absolute Gasteiger partial charge is 0.341 e. The molecule has 0 aliphatic carbocycles. The molecule has 1 aromatic carbocycles. The number of nitrogens with one attached hydrogen (secondary N) is 1. The van der Waals surface area contributed by atoms with Crippen molar-refractivity contribution in [3.63, 3.8) is 0 Å². The lowest BCUT2D eigenvalue weighted by atomic mass is 10.2. The Morgan fingerprint density at radius 3 is 2.91 bits per heavy atom. The third-order valence-electron chi connectivity index (χ3n) is 3.47. The van der Waals surface area contributed by atoms with E-state index in [4.69, 9.17) is 9.84 Å². The summed E-state index contributed by atoms with van der Waals surface area (Å²) in [5.74, 6) is -0.640. The van der Waals surface area contributed by atoms with E-state index in [0.29, 0.717) is 17.0 Å². The van der Waals surface area contributed by atoms with Crippen molar-refractivity contribution in [2.24, 2.45) is 7.05 Å². The number of benzene rings is 1. The van der Waals surface area contributed by atoms with Crippen molar-refractivity contribution in [1.29, 1.82) is 0 Å². The van der Waals surface area contributed by atoms with Crippen molar-refractivity contribution in [3.8, 4) is 5.75 Å². The molecule has 1 aromatic heterocycles. The van der Waals surface area contributed by atoms with Gasteiger partial charge < -0.3 is 9.84 Å². The molecule has 1 aliphatic heterocycles. The molecular weight excluding hydrogens is 304 g/mol. The molecule has 2 heterocycles. The van der Waals surface area contributed by atoms with E-state index >= 15 is 0 Å². The number of carboxylic acids is 1. The van der Waals surface area contributed by atoms with Gasteiger partial charge in [0, 0.05) is 25.4 Å². The summed E-state index contributed by atoms with van der Waals surface area (Å²) in [4.78, 5) is 35.2. The van der Waals surface area contributed by atoms with Gasteiger partial charge in [0.2, 0.25) is 5.91 Å². The van der Waals surface area contributed by atoms with E-state index in [1.807, 2.05) is 0 Å². The molecule has 120 valence electrons. The Morgan fingerprint density at radius 2 is 2.22 bits per heavy atom. The van der Waals surface area contributed by atoms with Crippen LogP contribution in [0.15, 0.2) is 18.2 Å². The number of amides is 3. The number of hydrogen-bond acceptors (Lipinski definition) is 5. The zero-order chi connectivity index (χ0) is 16.6. The van der Waals surface area contributed by atoms with Crippen LogP contribution in [0.1, 0.15) is 6.42 Å². The molecule has 2 aromatic rings. The minimum Gasteiger partial charge on any atom is -0.482 e. The van der Waals surface area contributed by atoms with Gasteiger partial charge in [-0.05, 0) is 18.2 Å². The number of aliphatic carboxylic acids is 1. The fourth-order valence-electron chi connectivity index (χ4n) is 2.43. The molecular formula is C14H14N4O5. The standard InChI is InChI=1S/C14H14N4O5/c1-17-10-3-2-8(23-7-12(20)21)6-9(10)13(16-17)18-5-4-11(19)15-14(18)22/h2-3,6H,4-5,7H2,1H3,(H,20,21)(H,15,19,22). The predicted molar refractivity (Wildman–Crippen MR) is 79.3 cm³/mol. The molecule has 9 nitrogen and oxygen atoms in total. The van der Waals surface area contributed by atoms with E-state index in [9.17, 15) is 14.4 Å². The van der Waals surface area contributed by atoms with Gasteiger partial charge in [-0.25, -0.2) is 9.59 Å². The fourth-order valence-corrected chi connectivity index (χ4v) is 2.43. The van der Waals surface area contributed by atoms with E-state index in [-0.39, 0.29) is 18.9 Å². The maximum atomic E-state index is 12.0. The van der Waals surface area contributed by atoms with Crippen LogP contribution in [0.5, 0.6) is 5.75 Å². The lowest BCUT2D eigenvalue weighted by Crippen LogP contribution is -2.49. The molecule has 1 aliphatic rings. The van der Waals surface area contributed by atoms with Gasteiger partial charge in [-0.2, -0.15) is 5.10 Å². The van der Waals surface area contributed by atoms with Gasteiger partial charge in [-0.1, -0.05) is 0 Å². The van der Waals surface area contributed by atoms with E-state index in [1.165, 1.54) is 4.90 Å². The minimum absolute atomic E-state index is 0.193. The van der Waals surface area contributed by atoms with Gasteiger partial charge in [-0.15, -0.1) is 0 Å². The minimum atomic E-state index is -1.08. The summed E-state index contributed by atoms with van der Waals surface area (Å²) in [6, 6.07) is 4.47. The van der Waals surface area contributed by atoms with Crippen molar-refractivity contribution >= 4 is 34.6 Å². The summed E-state index contributed by atoms with van der Waals surface area (Å²) in [6.07, 6.45) is 0.193. The zero-order valence-electron chi connectivity index (χ0n) is 12.3. The average Bonchev–Trinajstić information content (AvgIpc) is 2.82. The van der Waals surface area contributed by atoms with Gasteiger partial charge in [0.05, 0.1) is 5.52 Å². The van der Waals surface area contributed by atoms with Crippen molar-refractivity contribution in [1.82, 2.24) is 15.1 Å². The highest BCUT2D eigenvalue weighted by molar-refractivity contribution is 6.08. The predicted octanol–water partition coefficient (Wildman–Crippen LogP) is 0.483. The molecule has 2 N–H and O–H groups in total. The number of carbonyl (C=O) groups is 3. The van der Waals surface area contributed by atoms with E-state index < -0.39 is 18.6 Å². The Morgan fingerprint density at radius 1 is 1.43 bits per heavy atom. The Balaban J connectivity index is 1.99. The number of hydrogen-bond donors (Lipinski definition) is 2. The molecule has 1 fully saturated rings.